The van der Waals surface area contributed by atoms with Crippen molar-refractivity contribution >= 4 is 49.3 Å². The number of carbonyl (C=O) groups excluding carboxylic acids is 1. The number of amides is 1. The van der Waals surface area contributed by atoms with Gasteiger partial charge in [-0.25, -0.2) is 24.9 Å². The van der Waals surface area contributed by atoms with Gasteiger partial charge in [-0.1, -0.05) is 0 Å². The van der Waals surface area contributed by atoms with Crippen molar-refractivity contribution < 1.29 is 9.53 Å². The number of benzene rings is 1. The van der Waals surface area contributed by atoms with Crippen LogP contribution < -0.4 is 9.91 Å². The van der Waals surface area contributed by atoms with Gasteiger partial charge in [0.2, 0.25) is 0 Å². The molecule has 1 aliphatic rings. The first kappa shape index (κ1) is 23.3. The molecular formula is C25H25N9O2S. The van der Waals surface area contributed by atoms with Crippen LogP contribution in [0.3, 0.4) is 0 Å². The summed E-state index contributed by atoms with van der Waals surface area (Å²) in [5.41, 5.74) is 4.00. The molecule has 4 aromatic heterocycles. The van der Waals surface area contributed by atoms with Crippen molar-refractivity contribution in [2.24, 2.45) is 0 Å². The maximum Gasteiger partial charge on any atom is 0.275 e. The van der Waals surface area contributed by atoms with Crippen LogP contribution in [0.4, 0.5) is 10.8 Å². The van der Waals surface area contributed by atoms with Crippen molar-refractivity contribution in [3.8, 4) is 11.4 Å². The number of anilines is 2. The SMILES string of the molecule is Cc1nc2ccc(-c3nc(N4CCOCC4)c4sc(N(C)N(C)C(=O)c5cncnc5)cc4n3)cc2[nH]1. The molecule has 1 amide bonds. The van der Waals surface area contributed by atoms with Crippen LogP contribution in [0.5, 0.6) is 0 Å². The number of hydrogen-bond donors (Lipinski definition) is 1. The quantitative estimate of drug-likeness (QED) is 0.352. The minimum atomic E-state index is -0.205. The number of nitrogens with one attached hydrogen (secondary N) is 1. The normalized spacial score (nSPS) is 13.9. The molecular weight excluding hydrogens is 490 g/mol. The number of ether oxygens (including phenoxy) is 1. The summed E-state index contributed by atoms with van der Waals surface area (Å²) in [6, 6.07) is 8.02. The van der Waals surface area contributed by atoms with Crippen molar-refractivity contribution in [2.45, 2.75) is 6.92 Å². The number of nitrogens with zero attached hydrogens (tertiary/aromatic N) is 8. The largest absolute Gasteiger partial charge is 0.378 e. The molecule has 12 heteroatoms. The van der Waals surface area contributed by atoms with Gasteiger partial charge in [-0.15, -0.1) is 11.3 Å². The topological polar surface area (TPSA) is 116 Å². The van der Waals surface area contributed by atoms with Crippen molar-refractivity contribution in [2.75, 3.05) is 50.3 Å². The zero-order valence-corrected chi connectivity index (χ0v) is 21.5. The van der Waals surface area contributed by atoms with Crippen molar-refractivity contribution in [3.05, 3.63) is 54.4 Å². The summed E-state index contributed by atoms with van der Waals surface area (Å²) in [4.78, 5) is 40.9. The van der Waals surface area contributed by atoms with Gasteiger partial charge in [0.25, 0.3) is 5.91 Å². The Morgan fingerprint density at radius 2 is 1.84 bits per heavy atom. The molecule has 1 aliphatic heterocycles. The van der Waals surface area contributed by atoms with Crippen LogP contribution in [-0.4, -0.2) is 81.2 Å². The number of H-pyrrole nitrogens is 1. The lowest BCUT2D eigenvalue weighted by Gasteiger charge is -2.29. The second-order valence-electron chi connectivity index (χ2n) is 8.80. The van der Waals surface area contributed by atoms with E-state index in [2.05, 4.69) is 24.8 Å². The Balaban J connectivity index is 1.42. The van der Waals surface area contributed by atoms with Gasteiger partial charge in [-0.2, -0.15) is 0 Å². The van der Waals surface area contributed by atoms with Gasteiger partial charge >= 0.3 is 0 Å². The Hall–Kier alpha value is -4.16. The summed E-state index contributed by atoms with van der Waals surface area (Å²) in [5.74, 6) is 2.17. The molecule has 0 unspecified atom stereocenters. The molecule has 0 atom stereocenters. The molecule has 1 saturated heterocycles. The highest BCUT2D eigenvalue weighted by Crippen LogP contribution is 2.38. The number of rotatable bonds is 5. The fourth-order valence-electron chi connectivity index (χ4n) is 4.34. The first-order valence-electron chi connectivity index (χ1n) is 11.9. The molecule has 0 aliphatic carbocycles. The van der Waals surface area contributed by atoms with E-state index in [1.807, 2.05) is 43.2 Å². The number of aryl methyl sites for hydroxylation is 1. The van der Waals surface area contributed by atoms with E-state index in [4.69, 9.17) is 14.7 Å². The third-order valence-corrected chi connectivity index (χ3v) is 7.57. The summed E-state index contributed by atoms with van der Waals surface area (Å²) in [6.45, 7) is 4.73. The first-order chi connectivity index (χ1) is 18.0. The number of fused-ring (bicyclic) bond motifs is 2. The van der Waals surface area contributed by atoms with E-state index >= 15 is 0 Å². The lowest BCUT2D eigenvalue weighted by atomic mass is 10.2. The fourth-order valence-corrected chi connectivity index (χ4v) is 5.45. The summed E-state index contributed by atoms with van der Waals surface area (Å²) in [5, 5.41) is 4.22. The number of hydrazine groups is 1. The summed E-state index contributed by atoms with van der Waals surface area (Å²) in [7, 11) is 3.57. The molecule has 1 fully saturated rings. The lowest BCUT2D eigenvalue weighted by Crippen LogP contribution is -2.41. The minimum Gasteiger partial charge on any atom is -0.378 e. The Labute approximate surface area is 216 Å². The van der Waals surface area contributed by atoms with Crippen LogP contribution in [-0.2, 0) is 4.74 Å². The van der Waals surface area contributed by atoms with E-state index in [1.54, 1.807) is 23.4 Å². The first-order valence-corrected chi connectivity index (χ1v) is 12.7. The minimum absolute atomic E-state index is 0.205. The molecule has 11 nitrogen and oxygen atoms in total. The summed E-state index contributed by atoms with van der Waals surface area (Å²) >= 11 is 1.55. The second-order valence-corrected chi connectivity index (χ2v) is 9.83. The molecule has 0 saturated carbocycles. The van der Waals surface area contributed by atoms with Crippen LogP contribution in [0.1, 0.15) is 16.2 Å². The van der Waals surface area contributed by atoms with E-state index in [0.29, 0.717) is 24.6 Å². The molecule has 6 rings (SSSR count). The highest BCUT2D eigenvalue weighted by atomic mass is 32.1. The van der Waals surface area contributed by atoms with Crippen LogP contribution in [0.2, 0.25) is 0 Å². The summed E-state index contributed by atoms with van der Waals surface area (Å²) in [6.07, 6.45) is 4.43. The number of thiophene rings is 1. The van der Waals surface area contributed by atoms with E-state index in [1.165, 1.54) is 18.7 Å². The Bertz CT molecular complexity index is 1590. The number of carbonyl (C=O) groups is 1. The Morgan fingerprint density at radius 1 is 1.05 bits per heavy atom. The zero-order chi connectivity index (χ0) is 25.5. The number of aromatic amines is 1. The molecule has 0 radical (unpaired) electrons. The molecule has 5 heterocycles. The number of hydrogen-bond acceptors (Lipinski definition) is 10. The third kappa shape index (κ3) is 4.34. The van der Waals surface area contributed by atoms with Gasteiger partial charge in [0.05, 0.1) is 40.0 Å². The highest BCUT2D eigenvalue weighted by Gasteiger charge is 2.23. The number of imidazole rings is 1. The lowest BCUT2D eigenvalue weighted by molar-refractivity contribution is 0.0787. The molecule has 0 bridgehead atoms. The fraction of sp³-hybridized carbons (Fsp3) is 0.280. The highest BCUT2D eigenvalue weighted by molar-refractivity contribution is 7.23. The Kier molecular flexibility index (Phi) is 5.89. The van der Waals surface area contributed by atoms with Crippen molar-refractivity contribution in [3.63, 3.8) is 0 Å². The third-order valence-electron chi connectivity index (χ3n) is 6.38. The second kappa shape index (κ2) is 9.37. The van der Waals surface area contributed by atoms with E-state index in [0.717, 1.165) is 56.5 Å². The van der Waals surface area contributed by atoms with Crippen LogP contribution in [0, 0.1) is 6.92 Å². The monoisotopic (exact) mass is 515 g/mol. The predicted molar refractivity (Wildman–Crippen MR) is 143 cm³/mol. The molecule has 1 aromatic carbocycles. The van der Waals surface area contributed by atoms with Crippen molar-refractivity contribution in [1.29, 1.82) is 0 Å². The molecule has 37 heavy (non-hydrogen) atoms. The van der Waals surface area contributed by atoms with Gasteiger partial charge in [0, 0.05) is 51.2 Å². The average molecular weight is 516 g/mol. The standard InChI is InChI=1S/C25H25N9O2S/c1-15-28-18-5-4-16(10-19(18)29-15)23-30-20-11-21(32(2)33(3)25(35)17-12-26-14-27-13-17)37-22(20)24(31-23)34-6-8-36-9-7-34/h4-5,10-14H,6-9H2,1-3H3,(H,28,29). The maximum atomic E-state index is 13.0. The van der Waals surface area contributed by atoms with E-state index in [-0.39, 0.29) is 5.91 Å². The molecule has 188 valence electrons. The molecule has 1 N–H and O–H groups in total. The number of aromatic nitrogens is 6. The van der Waals surface area contributed by atoms with Gasteiger partial charge in [-0.3, -0.25) is 14.8 Å². The van der Waals surface area contributed by atoms with E-state index < -0.39 is 0 Å². The molecule has 0 spiro atoms. The van der Waals surface area contributed by atoms with Crippen molar-refractivity contribution in [1.82, 2.24) is 34.9 Å². The Morgan fingerprint density at radius 3 is 2.62 bits per heavy atom. The van der Waals surface area contributed by atoms with Gasteiger partial charge in [0.15, 0.2) is 11.6 Å². The van der Waals surface area contributed by atoms with Gasteiger partial charge < -0.3 is 14.6 Å². The van der Waals surface area contributed by atoms with Gasteiger partial charge in [-0.05, 0) is 25.1 Å². The maximum absolute atomic E-state index is 13.0. The smallest absolute Gasteiger partial charge is 0.275 e. The van der Waals surface area contributed by atoms with Gasteiger partial charge in [0.1, 0.15) is 17.2 Å². The summed E-state index contributed by atoms with van der Waals surface area (Å²) < 4.78 is 6.55. The van der Waals surface area contributed by atoms with Crippen LogP contribution in [0.15, 0.2) is 43.0 Å². The zero-order valence-electron chi connectivity index (χ0n) is 20.7. The predicted octanol–water partition coefficient (Wildman–Crippen LogP) is 3.29. The average Bonchev–Trinajstić information content (AvgIpc) is 3.54. The van der Waals surface area contributed by atoms with Crippen LogP contribution >= 0.6 is 11.3 Å². The molecule has 5 aromatic rings. The van der Waals surface area contributed by atoms with E-state index in [9.17, 15) is 4.79 Å². The van der Waals surface area contributed by atoms with Crippen LogP contribution in [0.25, 0.3) is 32.6 Å². The number of morpholine rings is 1.